The zero-order valence-corrected chi connectivity index (χ0v) is 10.4. The van der Waals surface area contributed by atoms with Crippen molar-refractivity contribution in [2.45, 2.75) is 46.1 Å². The predicted octanol–water partition coefficient (Wildman–Crippen LogP) is 0.885. The first-order valence-corrected chi connectivity index (χ1v) is 5.40. The van der Waals surface area contributed by atoms with Crippen LogP contribution in [0.5, 0.6) is 0 Å². The number of nitrogens with two attached hydrogens (primary N) is 2. The highest BCUT2D eigenvalue weighted by atomic mass is 15.5. The standard InChI is InChI=1S/C10H20N6/c1-5-6-7-8(11)13-15-14-9(7)16(12)10(2,3)4/h5-6,12H2,1-4H3,(H2,11,13,14). The molecule has 0 atom stereocenters. The molecule has 1 aromatic rings. The average Bonchev–Trinajstić information content (AvgIpc) is 2.19. The fraction of sp³-hybridized carbons (Fsp3) is 0.700. The average molecular weight is 224 g/mol. The molecule has 1 aromatic heterocycles. The van der Waals surface area contributed by atoms with Crippen molar-refractivity contribution >= 4 is 11.6 Å². The lowest BCUT2D eigenvalue weighted by atomic mass is 10.1. The minimum Gasteiger partial charge on any atom is -0.382 e. The predicted molar refractivity (Wildman–Crippen MR) is 64.7 cm³/mol. The largest absolute Gasteiger partial charge is 0.382 e. The van der Waals surface area contributed by atoms with Crippen LogP contribution in [0.2, 0.25) is 0 Å². The number of anilines is 2. The highest BCUT2D eigenvalue weighted by Gasteiger charge is 2.23. The zero-order valence-electron chi connectivity index (χ0n) is 10.4. The van der Waals surface area contributed by atoms with Crippen LogP contribution in [0.15, 0.2) is 0 Å². The molecule has 0 amide bonds. The molecular formula is C10H20N6. The maximum Gasteiger partial charge on any atom is 0.174 e. The van der Waals surface area contributed by atoms with E-state index in [0.29, 0.717) is 11.6 Å². The lowest BCUT2D eigenvalue weighted by molar-refractivity contribution is 0.503. The first kappa shape index (κ1) is 12.6. The van der Waals surface area contributed by atoms with Gasteiger partial charge in [0.05, 0.1) is 0 Å². The number of hydrogen-bond donors (Lipinski definition) is 2. The van der Waals surface area contributed by atoms with E-state index in [4.69, 9.17) is 11.6 Å². The van der Waals surface area contributed by atoms with E-state index in [-0.39, 0.29) is 5.54 Å². The van der Waals surface area contributed by atoms with Crippen LogP contribution in [0, 0.1) is 0 Å². The Morgan fingerprint density at radius 3 is 2.38 bits per heavy atom. The van der Waals surface area contributed by atoms with Crippen LogP contribution in [-0.2, 0) is 6.42 Å². The smallest absolute Gasteiger partial charge is 0.174 e. The van der Waals surface area contributed by atoms with E-state index in [1.807, 2.05) is 20.8 Å². The van der Waals surface area contributed by atoms with Crippen molar-refractivity contribution in [1.29, 1.82) is 0 Å². The van der Waals surface area contributed by atoms with E-state index in [2.05, 4.69) is 22.3 Å². The van der Waals surface area contributed by atoms with Crippen molar-refractivity contribution in [2.75, 3.05) is 10.7 Å². The maximum atomic E-state index is 6.02. The van der Waals surface area contributed by atoms with E-state index in [1.165, 1.54) is 0 Å². The van der Waals surface area contributed by atoms with Crippen LogP contribution in [-0.4, -0.2) is 20.9 Å². The molecule has 0 aliphatic rings. The summed E-state index contributed by atoms with van der Waals surface area (Å²) in [5, 5.41) is 12.9. The van der Waals surface area contributed by atoms with Crippen molar-refractivity contribution < 1.29 is 0 Å². The van der Waals surface area contributed by atoms with Gasteiger partial charge in [0.1, 0.15) is 0 Å². The van der Waals surface area contributed by atoms with Gasteiger partial charge in [-0.3, -0.25) is 5.01 Å². The Kier molecular flexibility index (Phi) is 3.64. The highest BCUT2D eigenvalue weighted by molar-refractivity contribution is 5.56. The molecule has 0 radical (unpaired) electrons. The van der Waals surface area contributed by atoms with Gasteiger partial charge in [-0.05, 0) is 32.4 Å². The Morgan fingerprint density at radius 1 is 1.25 bits per heavy atom. The summed E-state index contributed by atoms with van der Waals surface area (Å²) in [7, 11) is 0. The lowest BCUT2D eigenvalue weighted by Gasteiger charge is -2.32. The first-order chi connectivity index (χ1) is 7.38. The van der Waals surface area contributed by atoms with Crippen LogP contribution >= 0.6 is 0 Å². The molecule has 1 rings (SSSR count). The second-order valence-corrected chi connectivity index (χ2v) is 4.77. The van der Waals surface area contributed by atoms with E-state index in [0.717, 1.165) is 18.4 Å². The van der Waals surface area contributed by atoms with Gasteiger partial charge in [0, 0.05) is 11.1 Å². The van der Waals surface area contributed by atoms with Gasteiger partial charge in [-0.15, -0.1) is 10.2 Å². The van der Waals surface area contributed by atoms with Gasteiger partial charge in [0.15, 0.2) is 11.6 Å². The lowest BCUT2D eigenvalue weighted by Crippen LogP contribution is -2.48. The third-order valence-electron chi connectivity index (χ3n) is 2.32. The minimum atomic E-state index is -0.231. The van der Waals surface area contributed by atoms with Gasteiger partial charge in [0.2, 0.25) is 0 Å². The Hall–Kier alpha value is -1.43. The van der Waals surface area contributed by atoms with E-state index >= 15 is 0 Å². The quantitative estimate of drug-likeness (QED) is 0.585. The maximum absolute atomic E-state index is 6.02. The van der Waals surface area contributed by atoms with Crippen molar-refractivity contribution in [3.05, 3.63) is 5.56 Å². The van der Waals surface area contributed by atoms with Gasteiger partial charge in [-0.2, -0.15) is 0 Å². The molecule has 1 heterocycles. The summed E-state index contributed by atoms with van der Waals surface area (Å²) in [6, 6.07) is 0. The fourth-order valence-electron chi connectivity index (χ4n) is 1.35. The fourth-order valence-corrected chi connectivity index (χ4v) is 1.35. The van der Waals surface area contributed by atoms with Crippen molar-refractivity contribution in [2.24, 2.45) is 5.84 Å². The van der Waals surface area contributed by atoms with E-state index < -0.39 is 0 Å². The number of aromatic nitrogens is 3. The van der Waals surface area contributed by atoms with Gasteiger partial charge in [-0.25, -0.2) is 5.84 Å². The number of nitrogens with zero attached hydrogens (tertiary/aromatic N) is 4. The molecule has 0 aliphatic heterocycles. The Morgan fingerprint density at radius 2 is 1.88 bits per heavy atom. The third-order valence-corrected chi connectivity index (χ3v) is 2.32. The monoisotopic (exact) mass is 224 g/mol. The van der Waals surface area contributed by atoms with Crippen LogP contribution in [0.3, 0.4) is 0 Å². The van der Waals surface area contributed by atoms with Crippen LogP contribution in [0.1, 0.15) is 39.7 Å². The summed E-state index contributed by atoms with van der Waals surface area (Å²) in [4.78, 5) is 0. The summed E-state index contributed by atoms with van der Waals surface area (Å²) in [5.74, 6) is 7.04. The van der Waals surface area contributed by atoms with Crippen LogP contribution < -0.4 is 16.6 Å². The SMILES string of the molecule is CCCc1c(N)nnnc1N(N)C(C)(C)C. The molecule has 0 saturated heterocycles. The van der Waals surface area contributed by atoms with Crippen molar-refractivity contribution in [3.63, 3.8) is 0 Å². The van der Waals surface area contributed by atoms with Crippen LogP contribution in [0.25, 0.3) is 0 Å². The number of nitrogen functional groups attached to an aromatic ring is 1. The van der Waals surface area contributed by atoms with Crippen LogP contribution in [0.4, 0.5) is 11.6 Å². The topological polar surface area (TPSA) is 93.9 Å². The molecule has 0 spiro atoms. The molecule has 0 saturated carbocycles. The van der Waals surface area contributed by atoms with Gasteiger partial charge < -0.3 is 5.73 Å². The molecule has 0 bridgehead atoms. The van der Waals surface area contributed by atoms with Gasteiger partial charge in [-0.1, -0.05) is 13.3 Å². The third kappa shape index (κ3) is 2.57. The number of rotatable bonds is 3. The molecule has 6 heteroatoms. The summed E-state index contributed by atoms with van der Waals surface area (Å²) < 4.78 is 0. The Bertz CT molecular complexity index is 357. The Balaban J connectivity index is 3.17. The molecule has 0 aromatic carbocycles. The Labute approximate surface area is 96.0 Å². The normalized spacial score (nSPS) is 11.6. The summed E-state index contributed by atoms with van der Waals surface area (Å²) in [5.41, 5.74) is 6.43. The molecule has 4 N–H and O–H groups in total. The summed E-state index contributed by atoms with van der Waals surface area (Å²) in [6.07, 6.45) is 1.76. The zero-order chi connectivity index (χ0) is 12.3. The van der Waals surface area contributed by atoms with Gasteiger partial charge >= 0.3 is 0 Å². The second-order valence-electron chi connectivity index (χ2n) is 4.77. The molecular weight excluding hydrogens is 204 g/mol. The molecule has 0 aliphatic carbocycles. The summed E-state index contributed by atoms with van der Waals surface area (Å²) in [6.45, 7) is 8.07. The van der Waals surface area contributed by atoms with E-state index in [1.54, 1.807) is 5.01 Å². The molecule has 0 unspecified atom stereocenters. The minimum absolute atomic E-state index is 0.231. The molecule has 90 valence electrons. The number of hydrogen-bond acceptors (Lipinski definition) is 6. The van der Waals surface area contributed by atoms with E-state index in [9.17, 15) is 0 Å². The molecule has 6 nitrogen and oxygen atoms in total. The molecule has 0 fully saturated rings. The molecule has 16 heavy (non-hydrogen) atoms. The number of hydrazine groups is 1. The van der Waals surface area contributed by atoms with Crippen molar-refractivity contribution in [3.8, 4) is 0 Å². The highest BCUT2D eigenvalue weighted by Crippen LogP contribution is 2.24. The summed E-state index contributed by atoms with van der Waals surface area (Å²) >= 11 is 0. The second kappa shape index (κ2) is 4.61. The van der Waals surface area contributed by atoms with Crippen molar-refractivity contribution in [1.82, 2.24) is 15.4 Å². The first-order valence-electron chi connectivity index (χ1n) is 5.40. The van der Waals surface area contributed by atoms with Gasteiger partial charge in [0.25, 0.3) is 0 Å².